The van der Waals surface area contributed by atoms with Gasteiger partial charge in [0.05, 0.1) is 11.3 Å². The van der Waals surface area contributed by atoms with Gasteiger partial charge in [0.15, 0.2) is 0 Å². The predicted molar refractivity (Wildman–Crippen MR) is 62.3 cm³/mol. The molecule has 88 valence electrons. The first-order valence-electron chi connectivity index (χ1n) is 5.38. The summed E-state index contributed by atoms with van der Waals surface area (Å²) >= 11 is 0. The minimum Gasteiger partial charge on any atom is -0.512 e. The maximum absolute atomic E-state index is 11.7. The lowest BCUT2D eigenvalue weighted by atomic mass is 9.84. The average molecular weight is 231 g/mol. The summed E-state index contributed by atoms with van der Waals surface area (Å²) in [6, 6.07) is 9.25. The zero-order valence-electron chi connectivity index (χ0n) is 9.43. The lowest BCUT2D eigenvalue weighted by Gasteiger charge is -2.24. The summed E-state index contributed by atoms with van der Waals surface area (Å²) < 4.78 is 0. The lowest BCUT2D eigenvalue weighted by Crippen LogP contribution is -2.40. The average Bonchev–Trinajstić information content (AvgIpc) is 2.28. The number of carbonyl (C=O) groups is 2. The fourth-order valence-electron chi connectivity index (χ4n) is 2.08. The van der Waals surface area contributed by atoms with E-state index in [1.165, 1.54) is 6.92 Å². The summed E-state index contributed by atoms with van der Waals surface area (Å²) in [6.45, 7) is 1.46. The maximum Gasteiger partial charge on any atom is 0.257 e. The Morgan fingerprint density at radius 3 is 2.53 bits per heavy atom. The Kier molecular flexibility index (Phi) is 2.95. The van der Waals surface area contributed by atoms with Gasteiger partial charge in [-0.25, -0.2) is 0 Å². The van der Waals surface area contributed by atoms with E-state index in [0.717, 1.165) is 5.56 Å². The molecule has 0 saturated carbocycles. The topological polar surface area (TPSA) is 66.4 Å². The molecule has 2 N–H and O–H groups in total. The minimum absolute atomic E-state index is 0.0381. The second-order valence-electron chi connectivity index (χ2n) is 4.04. The number of benzene rings is 1. The fourth-order valence-corrected chi connectivity index (χ4v) is 2.08. The van der Waals surface area contributed by atoms with E-state index >= 15 is 0 Å². The molecule has 1 heterocycles. The zero-order chi connectivity index (χ0) is 12.4. The molecule has 4 heteroatoms. The minimum atomic E-state index is -0.505. The molecule has 1 fully saturated rings. The molecule has 1 atom stereocenters. The van der Waals surface area contributed by atoms with Gasteiger partial charge in [0, 0.05) is 12.3 Å². The highest BCUT2D eigenvalue weighted by Crippen LogP contribution is 2.32. The summed E-state index contributed by atoms with van der Waals surface area (Å²) in [5.41, 5.74) is 1.13. The van der Waals surface area contributed by atoms with Crippen LogP contribution in [0.5, 0.6) is 0 Å². The summed E-state index contributed by atoms with van der Waals surface area (Å²) in [5.74, 6) is -1.21. The van der Waals surface area contributed by atoms with Gasteiger partial charge in [-0.2, -0.15) is 0 Å². The lowest BCUT2D eigenvalue weighted by molar-refractivity contribution is -0.130. The number of hydrogen-bond acceptors (Lipinski definition) is 3. The zero-order valence-corrected chi connectivity index (χ0v) is 9.43. The van der Waals surface area contributed by atoms with Gasteiger partial charge in [0.25, 0.3) is 5.91 Å². The van der Waals surface area contributed by atoms with Gasteiger partial charge in [-0.3, -0.25) is 14.9 Å². The Labute approximate surface area is 99.0 Å². The van der Waals surface area contributed by atoms with E-state index < -0.39 is 5.91 Å². The summed E-state index contributed by atoms with van der Waals surface area (Å²) in [6.07, 6.45) is 0.184. The van der Waals surface area contributed by atoms with Crippen molar-refractivity contribution in [1.29, 1.82) is 0 Å². The molecule has 0 aromatic heterocycles. The molecule has 4 nitrogen and oxygen atoms in total. The highest BCUT2D eigenvalue weighted by Gasteiger charge is 2.33. The molecule has 1 unspecified atom stereocenters. The molecule has 1 aliphatic rings. The van der Waals surface area contributed by atoms with Gasteiger partial charge in [-0.05, 0) is 12.5 Å². The van der Waals surface area contributed by atoms with Crippen LogP contribution in [0.3, 0.4) is 0 Å². The van der Waals surface area contributed by atoms with Gasteiger partial charge in [0.1, 0.15) is 0 Å². The number of aliphatic hydroxyl groups is 1. The molecule has 0 bridgehead atoms. The molecular formula is C13H13NO3. The van der Waals surface area contributed by atoms with Crippen molar-refractivity contribution in [3.05, 3.63) is 47.2 Å². The van der Waals surface area contributed by atoms with Crippen molar-refractivity contribution in [2.24, 2.45) is 0 Å². The van der Waals surface area contributed by atoms with Crippen LogP contribution in [-0.4, -0.2) is 16.9 Å². The number of piperidine rings is 1. The molecule has 0 aliphatic carbocycles. The normalized spacial score (nSPS) is 23.2. The SMILES string of the molecule is C/C(O)=C1/C(=O)NC(=O)CC1c1ccccc1. The number of imide groups is 1. The van der Waals surface area contributed by atoms with Crippen molar-refractivity contribution < 1.29 is 14.7 Å². The Balaban J connectivity index is 2.46. The van der Waals surface area contributed by atoms with Crippen LogP contribution in [-0.2, 0) is 9.59 Å². The third-order valence-electron chi connectivity index (χ3n) is 2.83. The van der Waals surface area contributed by atoms with Crippen LogP contribution >= 0.6 is 0 Å². The van der Waals surface area contributed by atoms with Gasteiger partial charge in [0.2, 0.25) is 5.91 Å². The van der Waals surface area contributed by atoms with Crippen molar-refractivity contribution >= 4 is 11.8 Å². The van der Waals surface area contributed by atoms with Gasteiger partial charge in [-0.1, -0.05) is 30.3 Å². The molecular weight excluding hydrogens is 218 g/mol. The van der Waals surface area contributed by atoms with Crippen molar-refractivity contribution in [2.45, 2.75) is 19.3 Å². The third-order valence-corrected chi connectivity index (χ3v) is 2.83. The first kappa shape index (κ1) is 11.4. The first-order chi connectivity index (χ1) is 8.09. The van der Waals surface area contributed by atoms with Crippen LogP contribution in [0, 0.1) is 0 Å². The number of amides is 2. The molecule has 0 radical (unpaired) electrons. The van der Waals surface area contributed by atoms with Crippen LogP contribution in [0.4, 0.5) is 0 Å². The second-order valence-corrected chi connectivity index (χ2v) is 4.04. The second kappa shape index (κ2) is 4.41. The molecule has 0 spiro atoms. The molecule has 1 saturated heterocycles. The number of hydrogen-bond donors (Lipinski definition) is 2. The maximum atomic E-state index is 11.7. The smallest absolute Gasteiger partial charge is 0.257 e. The summed E-state index contributed by atoms with van der Waals surface area (Å²) in [7, 11) is 0. The van der Waals surface area contributed by atoms with Crippen LogP contribution in [0.1, 0.15) is 24.8 Å². The Hall–Kier alpha value is -2.10. The van der Waals surface area contributed by atoms with E-state index in [1.54, 1.807) is 0 Å². The predicted octanol–water partition coefficient (Wildman–Crippen LogP) is 1.65. The standard InChI is InChI=1S/C13H13NO3/c1-8(15)12-10(7-11(16)14-13(12)17)9-5-3-2-4-6-9/h2-6,10,15H,7H2,1H3,(H,14,16,17)/b12-8-. The third kappa shape index (κ3) is 2.20. The van der Waals surface area contributed by atoms with E-state index in [-0.39, 0.29) is 29.6 Å². The van der Waals surface area contributed by atoms with Crippen molar-refractivity contribution in [1.82, 2.24) is 5.32 Å². The molecule has 17 heavy (non-hydrogen) atoms. The van der Waals surface area contributed by atoms with Crippen LogP contribution in [0.25, 0.3) is 0 Å². The number of rotatable bonds is 1. The van der Waals surface area contributed by atoms with E-state index in [1.807, 2.05) is 30.3 Å². The van der Waals surface area contributed by atoms with E-state index in [9.17, 15) is 14.7 Å². The monoisotopic (exact) mass is 231 g/mol. The van der Waals surface area contributed by atoms with Gasteiger partial charge in [-0.15, -0.1) is 0 Å². The largest absolute Gasteiger partial charge is 0.512 e. The summed E-state index contributed by atoms with van der Waals surface area (Å²) in [4.78, 5) is 23.1. The van der Waals surface area contributed by atoms with Gasteiger partial charge < -0.3 is 5.11 Å². The van der Waals surface area contributed by atoms with Crippen molar-refractivity contribution in [3.63, 3.8) is 0 Å². The molecule has 1 aromatic rings. The molecule has 1 aliphatic heterocycles. The van der Waals surface area contributed by atoms with Crippen molar-refractivity contribution in [3.8, 4) is 0 Å². The van der Waals surface area contributed by atoms with Crippen molar-refractivity contribution in [2.75, 3.05) is 0 Å². The van der Waals surface area contributed by atoms with Crippen LogP contribution in [0.2, 0.25) is 0 Å². The van der Waals surface area contributed by atoms with E-state index in [0.29, 0.717) is 0 Å². The van der Waals surface area contributed by atoms with E-state index in [4.69, 9.17) is 0 Å². The fraction of sp³-hybridized carbons (Fsp3) is 0.231. The first-order valence-corrected chi connectivity index (χ1v) is 5.38. The number of allylic oxidation sites excluding steroid dienone is 1. The number of nitrogens with one attached hydrogen (secondary N) is 1. The number of carbonyl (C=O) groups excluding carboxylic acids is 2. The Bertz CT molecular complexity index is 487. The Morgan fingerprint density at radius 2 is 1.94 bits per heavy atom. The summed E-state index contributed by atoms with van der Waals surface area (Å²) in [5, 5.41) is 11.8. The quantitative estimate of drug-likeness (QED) is 0.438. The molecule has 1 aromatic carbocycles. The molecule has 2 rings (SSSR count). The van der Waals surface area contributed by atoms with Crippen LogP contribution in [0.15, 0.2) is 41.7 Å². The molecule has 2 amide bonds. The van der Waals surface area contributed by atoms with E-state index in [2.05, 4.69) is 5.32 Å². The highest BCUT2D eigenvalue weighted by molar-refractivity contribution is 6.08. The highest BCUT2D eigenvalue weighted by atomic mass is 16.3. The van der Waals surface area contributed by atoms with Crippen LogP contribution < -0.4 is 5.32 Å². The number of aliphatic hydroxyl groups excluding tert-OH is 1. The Morgan fingerprint density at radius 1 is 1.29 bits per heavy atom. The van der Waals surface area contributed by atoms with Gasteiger partial charge >= 0.3 is 0 Å².